The van der Waals surface area contributed by atoms with Crippen molar-refractivity contribution in [1.82, 2.24) is 9.88 Å². The summed E-state index contributed by atoms with van der Waals surface area (Å²) in [5.41, 5.74) is 2.90. The minimum absolute atomic E-state index is 0.0247. The second kappa shape index (κ2) is 8.76. The molecule has 7 nitrogen and oxygen atoms in total. The van der Waals surface area contributed by atoms with Crippen LogP contribution in [0.5, 0.6) is 0 Å². The molecule has 2 N–H and O–H groups in total. The lowest BCUT2D eigenvalue weighted by atomic mass is 10.0. The van der Waals surface area contributed by atoms with E-state index in [1.807, 2.05) is 6.92 Å². The number of aryl methyl sites for hydroxylation is 2. The monoisotopic (exact) mass is 431 g/mol. The van der Waals surface area contributed by atoms with Crippen LogP contribution in [0.25, 0.3) is 11.1 Å². The first kappa shape index (κ1) is 21.7. The van der Waals surface area contributed by atoms with E-state index < -0.39 is 10.0 Å². The Balaban J connectivity index is 1.96. The van der Waals surface area contributed by atoms with E-state index in [2.05, 4.69) is 15.2 Å². The van der Waals surface area contributed by atoms with Crippen LogP contribution in [0.15, 0.2) is 51.9 Å². The maximum atomic E-state index is 13.1. The number of sulfonamides is 1. The third-order valence-electron chi connectivity index (χ3n) is 4.53. The summed E-state index contributed by atoms with van der Waals surface area (Å²) in [5.74, 6) is -0.539. The Hall–Kier alpha value is -3.04. The van der Waals surface area contributed by atoms with Gasteiger partial charge in [-0.05, 0) is 48.2 Å². The fourth-order valence-corrected chi connectivity index (χ4v) is 4.30. The number of rotatable bonds is 7. The molecule has 3 aromatic rings. The van der Waals surface area contributed by atoms with Crippen LogP contribution in [0.4, 0.5) is 10.3 Å². The van der Waals surface area contributed by atoms with Gasteiger partial charge in [0, 0.05) is 13.5 Å². The quantitative estimate of drug-likeness (QED) is 0.593. The van der Waals surface area contributed by atoms with Crippen molar-refractivity contribution in [2.24, 2.45) is 0 Å². The Bertz CT molecular complexity index is 1170. The molecule has 0 unspecified atom stereocenters. The lowest BCUT2D eigenvalue weighted by Gasteiger charge is -2.12. The van der Waals surface area contributed by atoms with Crippen LogP contribution < -0.4 is 10.0 Å². The molecule has 3 rings (SSSR count). The molecule has 2 aromatic carbocycles. The highest BCUT2D eigenvalue weighted by molar-refractivity contribution is 7.89. The number of anilines is 1. The van der Waals surface area contributed by atoms with Gasteiger partial charge in [-0.25, -0.2) is 17.5 Å². The molecule has 1 aromatic heterocycles. The van der Waals surface area contributed by atoms with E-state index in [1.54, 1.807) is 19.1 Å². The number of nitrogens with one attached hydrogen (secondary N) is 2. The molecule has 1 amide bonds. The number of hydrogen-bond donors (Lipinski definition) is 2. The molecule has 0 saturated heterocycles. The molecular formula is C21H22FN3O4S. The number of nitrogens with zero attached hydrogens (tertiary/aromatic N) is 1. The zero-order valence-corrected chi connectivity index (χ0v) is 17.6. The summed E-state index contributed by atoms with van der Waals surface area (Å²) < 4.78 is 46.7. The highest BCUT2D eigenvalue weighted by atomic mass is 32.2. The molecule has 0 saturated carbocycles. The largest absolute Gasteiger partial charge is 0.337 e. The van der Waals surface area contributed by atoms with E-state index in [0.29, 0.717) is 34.4 Å². The molecule has 0 aliphatic carbocycles. The first-order valence-corrected chi connectivity index (χ1v) is 10.8. The second-order valence-electron chi connectivity index (χ2n) is 6.80. The third kappa shape index (κ3) is 4.74. The first-order valence-electron chi connectivity index (χ1n) is 9.32. The molecule has 0 spiro atoms. The molecule has 0 aliphatic rings. The van der Waals surface area contributed by atoms with Gasteiger partial charge in [-0.2, -0.15) is 0 Å². The van der Waals surface area contributed by atoms with E-state index >= 15 is 0 Å². The Kier molecular flexibility index (Phi) is 6.33. The van der Waals surface area contributed by atoms with Crippen LogP contribution >= 0.6 is 0 Å². The summed E-state index contributed by atoms with van der Waals surface area (Å²) in [5, 5.41) is 6.56. The standard InChI is InChI=1S/C21H22FN3O4S/c1-4-18-20(21(29-25-18)24-14(3)26)16-8-5-13(2)19(11-16)30(27,28)23-12-15-6-9-17(22)10-7-15/h5-11,23H,4,12H2,1-3H3,(H,24,26). The van der Waals surface area contributed by atoms with Gasteiger partial charge in [0.15, 0.2) is 0 Å². The number of benzene rings is 2. The molecule has 0 radical (unpaired) electrons. The third-order valence-corrected chi connectivity index (χ3v) is 6.08. The van der Waals surface area contributed by atoms with Gasteiger partial charge in [-0.3, -0.25) is 10.1 Å². The van der Waals surface area contributed by atoms with Crippen molar-refractivity contribution >= 4 is 21.8 Å². The lowest BCUT2D eigenvalue weighted by molar-refractivity contribution is -0.114. The molecular weight excluding hydrogens is 409 g/mol. The minimum Gasteiger partial charge on any atom is -0.337 e. The van der Waals surface area contributed by atoms with Gasteiger partial charge >= 0.3 is 0 Å². The number of amides is 1. The Morgan fingerprint density at radius 1 is 1.17 bits per heavy atom. The number of carbonyl (C=O) groups is 1. The molecule has 30 heavy (non-hydrogen) atoms. The van der Waals surface area contributed by atoms with Crippen LogP contribution in [0.3, 0.4) is 0 Å². The van der Waals surface area contributed by atoms with Gasteiger partial charge in [0.05, 0.1) is 16.2 Å². The highest BCUT2D eigenvalue weighted by Gasteiger charge is 2.22. The van der Waals surface area contributed by atoms with Crippen LogP contribution in [-0.4, -0.2) is 19.5 Å². The van der Waals surface area contributed by atoms with E-state index in [-0.39, 0.29) is 29.0 Å². The molecule has 0 atom stereocenters. The van der Waals surface area contributed by atoms with Crippen LogP contribution in [0.2, 0.25) is 0 Å². The summed E-state index contributed by atoms with van der Waals surface area (Å²) in [6.45, 7) is 4.95. The van der Waals surface area contributed by atoms with Gasteiger partial charge < -0.3 is 4.52 Å². The maximum absolute atomic E-state index is 13.1. The van der Waals surface area contributed by atoms with Crippen molar-refractivity contribution < 1.29 is 22.1 Å². The fraction of sp³-hybridized carbons (Fsp3) is 0.238. The van der Waals surface area contributed by atoms with Crippen LogP contribution in [-0.2, 0) is 27.8 Å². The topological polar surface area (TPSA) is 101 Å². The Morgan fingerprint density at radius 3 is 2.50 bits per heavy atom. The Morgan fingerprint density at radius 2 is 1.87 bits per heavy atom. The molecule has 1 heterocycles. The van der Waals surface area contributed by atoms with Crippen LogP contribution in [0.1, 0.15) is 30.7 Å². The number of carbonyl (C=O) groups excluding carboxylic acids is 1. The van der Waals surface area contributed by atoms with Gasteiger partial charge in [0.2, 0.25) is 21.8 Å². The predicted molar refractivity (Wildman–Crippen MR) is 111 cm³/mol. The van der Waals surface area contributed by atoms with E-state index in [9.17, 15) is 17.6 Å². The normalized spacial score (nSPS) is 11.5. The highest BCUT2D eigenvalue weighted by Crippen LogP contribution is 2.34. The van der Waals surface area contributed by atoms with E-state index in [1.165, 1.54) is 37.3 Å². The van der Waals surface area contributed by atoms with Crippen LogP contribution in [0, 0.1) is 12.7 Å². The SMILES string of the molecule is CCc1noc(NC(C)=O)c1-c1ccc(C)c(S(=O)(=O)NCc2ccc(F)cc2)c1. The summed E-state index contributed by atoms with van der Waals surface area (Å²) in [6, 6.07) is 10.6. The van der Waals surface area contributed by atoms with Gasteiger partial charge in [0.25, 0.3) is 0 Å². The fourth-order valence-electron chi connectivity index (χ4n) is 3.01. The second-order valence-corrected chi connectivity index (χ2v) is 8.53. The minimum atomic E-state index is -3.85. The van der Waals surface area contributed by atoms with Gasteiger partial charge in [-0.15, -0.1) is 0 Å². The smallest absolute Gasteiger partial charge is 0.241 e. The number of aromatic nitrogens is 1. The van der Waals surface area contributed by atoms with Crippen molar-refractivity contribution in [2.45, 2.75) is 38.6 Å². The van der Waals surface area contributed by atoms with E-state index in [0.717, 1.165) is 0 Å². The first-order chi connectivity index (χ1) is 14.2. The summed E-state index contributed by atoms with van der Waals surface area (Å²) in [6.07, 6.45) is 0.539. The maximum Gasteiger partial charge on any atom is 0.241 e. The van der Waals surface area contributed by atoms with E-state index in [4.69, 9.17) is 4.52 Å². The zero-order chi connectivity index (χ0) is 21.9. The summed E-state index contributed by atoms with van der Waals surface area (Å²) in [7, 11) is -3.85. The van der Waals surface area contributed by atoms with Gasteiger partial charge in [-0.1, -0.05) is 36.3 Å². The van der Waals surface area contributed by atoms with Crippen molar-refractivity contribution in [1.29, 1.82) is 0 Å². The average molecular weight is 431 g/mol. The van der Waals surface area contributed by atoms with Gasteiger partial charge in [0.1, 0.15) is 5.82 Å². The predicted octanol–water partition coefficient (Wildman–Crippen LogP) is 3.79. The lowest BCUT2D eigenvalue weighted by Crippen LogP contribution is -2.24. The zero-order valence-electron chi connectivity index (χ0n) is 16.8. The molecule has 0 fully saturated rings. The molecule has 0 aliphatic heterocycles. The van der Waals surface area contributed by atoms with Crippen molar-refractivity contribution in [2.75, 3.05) is 5.32 Å². The van der Waals surface area contributed by atoms with Crippen molar-refractivity contribution in [3.63, 3.8) is 0 Å². The van der Waals surface area contributed by atoms with Crippen molar-refractivity contribution in [3.8, 4) is 11.1 Å². The molecule has 9 heteroatoms. The average Bonchev–Trinajstić information content (AvgIpc) is 3.09. The summed E-state index contributed by atoms with van der Waals surface area (Å²) >= 11 is 0. The number of halogens is 1. The molecule has 0 bridgehead atoms. The molecule has 158 valence electrons. The van der Waals surface area contributed by atoms with Crippen molar-refractivity contribution in [3.05, 3.63) is 65.1 Å². The summed E-state index contributed by atoms with van der Waals surface area (Å²) in [4.78, 5) is 11.6. The Labute approximate surface area is 174 Å². The number of hydrogen-bond acceptors (Lipinski definition) is 5.